The van der Waals surface area contributed by atoms with Crippen LogP contribution in [0, 0.1) is 0 Å². The first-order valence-corrected chi connectivity index (χ1v) is 7.52. The molecule has 1 heterocycles. The average Bonchev–Trinajstić information content (AvgIpc) is 2.88. The van der Waals surface area contributed by atoms with Crippen molar-refractivity contribution < 1.29 is 4.52 Å². The van der Waals surface area contributed by atoms with Crippen LogP contribution in [0.2, 0.25) is 5.02 Å². The monoisotopic (exact) mass is 297 g/mol. The Bertz CT molecular complexity index is 559. The second kappa shape index (κ2) is 6.30. The van der Waals surface area contributed by atoms with Gasteiger partial charge in [-0.15, -0.1) is 0 Å². The van der Waals surface area contributed by atoms with E-state index in [1.165, 1.54) is 0 Å². The lowest BCUT2D eigenvalue weighted by molar-refractivity contribution is 0.425. The Morgan fingerprint density at radius 3 is 2.95 bits per heavy atom. The third-order valence-corrected chi connectivity index (χ3v) is 4.45. The maximum Gasteiger partial charge on any atom is 0.258 e. The van der Waals surface area contributed by atoms with Gasteiger partial charge in [-0.25, -0.2) is 0 Å². The molecule has 4 nitrogen and oxygen atoms in total. The summed E-state index contributed by atoms with van der Waals surface area (Å²) < 4.78 is 5.24. The number of aromatic nitrogens is 2. The van der Waals surface area contributed by atoms with Gasteiger partial charge in [0.15, 0.2) is 5.82 Å². The number of benzene rings is 1. The van der Waals surface area contributed by atoms with Gasteiger partial charge in [0.2, 0.25) is 0 Å². The summed E-state index contributed by atoms with van der Waals surface area (Å²) in [6.07, 6.45) is 1.13. The second-order valence-corrected chi connectivity index (χ2v) is 6.12. The Labute approximate surface area is 121 Å². The fourth-order valence-corrected chi connectivity index (χ4v) is 2.35. The summed E-state index contributed by atoms with van der Waals surface area (Å²) in [5.41, 5.74) is 7.05. The highest BCUT2D eigenvalue weighted by molar-refractivity contribution is 7.99. The molecule has 2 N–H and O–H groups in total. The molecule has 1 aromatic carbocycles. The Balaban J connectivity index is 2.09. The van der Waals surface area contributed by atoms with Gasteiger partial charge in [-0.1, -0.05) is 30.6 Å². The number of hydrogen-bond donors (Lipinski definition) is 1. The van der Waals surface area contributed by atoms with Crippen molar-refractivity contribution in [3.05, 3.63) is 29.0 Å². The van der Waals surface area contributed by atoms with Crippen molar-refractivity contribution in [2.45, 2.75) is 31.3 Å². The van der Waals surface area contributed by atoms with Crippen LogP contribution in [0.15, 0.2) is 22.7 Å². The number of hydrogen-bond acceptors (Lipinski definition) is 5. The van der Waals surface area contributed by atoms with Crippen LogP contribution in [0.1, 0.15) is 26.1 Å². The van der Waals surface area contributed by atoms with Crippen molar-refractivity contribution in [2.75, 3.05) is 5.73 Å². The summed E-state index contributed by atoms with van der Waals surface area (Å²) in [5.74, 6) is 1.93. The molecule has 102 valence electrons. The van der Waals surface area contributed by atoms with E-state index in [0.29, 0.717) is 27.7 Å². The molecule has 6 heteroatoms. The minimum Gasteiger partial charge on any atom is -0.398 e. The number of thioether (sulfide) groups is 1. The number of halogens is 1. The third kappa shape index (κ3) is 3.64. The minimum absolute atomic E-state index is 0.475. The van der Waals surface area contributed by atoms with Gasteiger partial charge in [-0.2, -0.15) is 16.7 Å². The van der Waals surface area contributed by atoms with E-state index in [2.05, 4.69) is 24.0 Å². The first-order valence-electron chi connectivity index (χ1n) is 6.09. The summed E-state index contributed by atoms with van der Waals surface area (Å²) in [5, 5.41) is 5.08. The third-order valence-electron chi connectivity index (χ3n) is 2.78. The van der Waals surface area contributed by atoms with Gasteiger partial charge in [-0.05, 0) is 24.6 Å². The van der Waals surface area contributed by atoms with Gasteiger partial charge in [0.25, 0.3) is 5.89 Å². The largest absolute Gasteiger partial charge is 0.398 e. The van der Waals surface area contributed by atoms with E-state index >= 15 is 0 Å². The van der Waals surface area contributed by atoms with Gasteiger partial charge < -0.3 is 10.3 Å². The van der Waals surface area contributed by atoms with Gasteiger partial charge in [-0.3, -0.25) is 0 Å². The Hall–Kier alpha value is -1.20. The van der Waals surface area contributed by atoms with Crippen molar-refractivity contribution in [2.24, 2.45) is 0 Å². The van der Waals surface area contributed by atoms with E-state index in [1.807, 2.05) is 17.8 Å². The van der Waals surface area contributed by atoms with E-state index in [9.17, 15) is 0 Å². The van der Waals surface area contributed by atoms with Gasteiger partial charge in [0.1, 0.15) is 0 Å². The standard InChI is InChI=1S/C13H16ClN3OS/c1-3-8(2)19-7-12-16-13(18-17-12)9-4-5-10(14)11(15)6-9/h4-6,8H,3,7,15H2,1-2H3. The van der Waals surface area contributed by atoms with Gasteiger partial charge >= 0.3 is 0 Å². The summed E-state index contributed by atoms with van der Waals surface area (Å²) >= 11 is 7.69. The molecule has 0 saturated heterocycles. The van der Waals surface area contributed by atoms with E-state index in [4.69, 9.17) is 21.9 Å². The number of rotatable bonds is 5. The summed E-state index contributed by atoms with van der Waals surface area (Å²) in [6, 6.07) is 5.28. The van der Waals surface area contributed by atoms with Gasteiger partial charge in [0, 0.05) is 10.8 Å². The van der Waals surface area contributed by atoms with E-state index in [0.717, 1.165) is 17.7 Å². The van der Waals surface area contributed by atoms with Crippen LogP contribution in [-0.2, 0) is 5.75 Å². The molecule has 19 heavy (non-hydrogen) atoms. The smallest absolute Gasteiger partial charge is 0.258 e. The minimum atomic E-state index is 0.475. The molecule has 0 saturated carbocycles. The van der Waals surface area contributed by atoms with E-state index in [1.54, 1.807) is 12.1 Å². The average molecular weight is 298 g/mol. The maximum atomic E-state index is 5.88. The molecule has 1 aromatic heterocycles. The quantitative estimate of drug-likeness (QED) is 0.845. The number of nitrogens with two attached hydrogens (primary N) is 1. The Morgan fingerprint density at radius 1 is 1.47 bits per heavy atom. The molecule has 0 aliphatic heterocycles. The fourth-order valence-electron chi connectivity index (χ4n) is 1.44. The molecule has 1 atom stereocenters. The van der Waals surface area contributed by atoms with Crippen molar-refractivity contribution in [1.82, 2.24) is 10.1 Å². The molecular formula is C13H16ClN3OS. The fraction of sp³-hybridized carbons (Fsp3) is 0.385. The molecule has 2 rings (SSSR count). The first kappa shape index (κ1) is 14.2. The Morgan fingerprint density at radius 2 is 2.26 bits per heavy atom. The predicted octanol–water partition coefficient (Wildman–Crippen LogP) is 4.00. The molecule has 0 amide bonds. The maximum absolute atomic E-state index is 5.88. The molecule has 0 aliphatic rings. The summed E-state index contributed by atoms with van der Waals surface area (Å²) in [7, 11) is 0. The molecule has 0 fully saturated rings. The van der Waals surface area contributed by atoms with Gasteiger partial charge in [0.05, 0.1) is 16.5 Å². The predicted molar refractivity (Wildman–Crippen MR) is 80.2 cm³/mol. The summed E-state index contributed by atoms with van der Waals surface area (Å²) in [6.45, 7) is 4.35. The van der Waals surface area contributed by atoms with E-state index in [-0.39, 0.29) is 0 Å². The number of nitrogens with zero attached hydrogens (tertiary/aromatic N) is 2. The molecule has 0 bridgehead atoms. The molecule has 1 unspecified atom stereocenters. The molecule has 0 spiro atoms. The molecule has 0 radical (unpaired) electrons. The topological polar surface area (TPSA) is 64.9 Å². The normalized spacial score (nSPS) is 12.6. The van der Waals surface area contributed by atoms with Crippen LogP contribution in [-0.4, -0.2) is 15.4 Å². The van der Waals surface area contributed by atoms with Crippen LogP contribution in [0.3, 0.4) is 0 Å². The van der Waals surface area contributed by atoms with Crippen LogP contribution in [0.4, 0.5) is 5.69 Å². The van der Waals surface area contributed by atoms with E-state index < -0.39 is 0 Å². The molecule has 0 aliphatic carbocycles. The second-order valence-electron chi connectivity index (χ2n) is 4.28. The lowest BCUT2D eigenvalue weighted by Gasteiger charge is -2.04. The lowest BCUT2D eigenvalue weighted by Crippen LogP contribution is -1.94. The lowest BCUT2D eigenvalue weighted by atomic mass is 10.2. The highest BCUT2D eigenvalue weighted by Gasteiger charge is 2.11. The van der Waals surface area contributed by atoms with Crippen molar-refractivity contribution in [1.29, 1.82) is 0 Å². The van der Waals surface area contributed by atoms with Crippen molar-refractivity contribution in [3.63, 3.8) is 0 Å². The first-order chi connectivity index (χ1) is 9.10. The van der Waals surface area contributed by atoms with Crippen LogP contribution >= 0.6 is 23.4 Å². The van der Waals surface area contributed by atoms with Crippen molar-refractivity contribution in [3.8, 4) is 11.5 Å². The molecule has 2 aromatic rings. The highest BCUT2D eigenvalue weighted by atomic mass is 35.5. The highest BCUT2D eigenvalue weighted by Crippen LogP contribution is 2.26. The zero-order chi connectivity index (χ0) is 13.8. The van der Waals surface area contributed by atoms with Crippen LogP contribution in [0.25, 0.3) is 11.5 Å². The van der Waals surface area contributed by atoms with Crippen LogP contribution < -0.4 is 5.73 Å². The number of nitrogen functional groups attached to an aromatic ring is 1. The molecular weight excluding hydrogens is 282 g/mol. The van der Waals surface area contributed by atoms with Crippen molar-refractivity contribution >= 4 is 29.1 Å². The van der Waals surface area contributed by atoms with Crippen LogP contribution in [0.5, 0.6) is 0 Å². The zero-order valence-electron chi connectivity index (χ0n) is 10.9. The SMILES string of the molecule is CCC(C)SCc1noc(-c2ccc(Cl)c(N)c2)n1. The number of anilines is 1. The summed E-state index contributed by atoms with van der Waals surface area (Å²) in [4.78, 5) is 4.36. The Kier molecular flexibility index (Phi) is 4.71. The zero-order valence-corrected chi connectivity index (χ0v) is 12.5.